The molecule has 3 heteroatoms. The van der Waals surface area contributed by atoms with Crippen LogP contribution >= 0.6 is 0 Å². The number of benzene rings is 1. The Hall–Kier alpha value is -1.35. The van der Waals surface area contributed by atoms with Crippen molar-refractivity contribution < 1.29 is 9.53 Å². The van der Waals surface area contributed by atoms with Gasteiger partial charge >= 0.3 is 0 Å². The number of hydrogen-bond acceptors (Lipinski definition) is 2. The topological polar surface area (TPSA) is 38.3 Å². The highest BCUT2D eigenvalue weighted by molar-refractivity contribution is 5.95. The summed E-state index contributed by atoms with van der Waals surface area (Å²) in [7, 11) is 1.44. The van der Waals surface area contributed by atoms with E-state index in [0.717, 1.165) is 17.9 Å². The van der Waals surface area contributed by atoms with Crippen LogP contribution < -0.4 is 5.32 Å². The summed E-state index contributed by atoms with van der Waals surface area (Å²) in [6.07, 6.45) is 0. The molecule has 1 amide bonds. The number of carbonyl (C=O) groups excluding carboxylic acids is 1. The first-order valence-corrected chi connectivity index (χ1v) is 3.96. The number of amides is 1. The standard InChI is InChI=1S/C10H12NO2/c1-8-3-5-9(6-4-8)11-10(12)7-13-2/h3-7H,1-2H3,(H,11,12). The average molecular weight is 178 g/mol. The lowest BCUT2D eigenvalue weighted by Gasteiger charge is -2.03. The normalized spacial score (nSPS) is 9.69. The van der Waals surface area contributed by atoms with Gasteiger partial charge in [0.15, 0.2) is 6.61 Å². The fraction of sp³-hybridized carbons (Fsp3) is 0.200. The monoisotopic (exact) mass is 178 g/mol. The molecule has 13 heavy (non-hydrogen) atoms. The quantitative estimate of drug-likeness (QED) is 0.765. The van der Waals surface area contributed by atoms with Crippen molar-refractivity contribution in [2.75, 3.05) is 12.4 Å². The van der Waals surface area contributed by atoms with Gasteiger partial charge in [0, 0.05) is 12.8 Å². The number of aryl methyl sites for hydroxylation is 1. The lowest BCUT2D eigenvalue weighted by atomic mass is 10.2. The highest BCUT2D eigenvalue weighted by Gasteiger charge is 2.00. The SMILES string of the molecule is CO[CH]C(=O)Nc1ccc(C)cc1. The molecular weight excluding hydrogens is 166 g/mol. The number of carbonyl (C=O) groups is 1. The predicted octanol–water partition coefficient (Wildman–Crippen LogP) is 1.74. The van der Waals surface area contributed by atoms with Gasteiger partial charge in [-0.15, -0.1) is 0 Å². The van der Waals surface area contributed by atoms with Crippen LogP contribution in [0.5, 0.6) is 0 Å². The summed E-state index contributed by atoms with van der Waals surface area (Å²) in [6, 6.07) is 7.55. The third-order valence-corrected chi connectivity index (χ3v) is 1.54. The van der Waals surface area contributed by atoms with Gasteiger partial charge in [-0.2, -0.15) is 0 Å². The van der Waals surface area contributed by atoms with Crippen molar-refractivity contribution in [3.05, 3.63) is 36.4 Å². The number of ether oxygens (including phenoxy) is 1. The van der Waals surface area contributed by atoms with E-state index in [0.29, 0.717) is 0 Å². The Balaban J connectivity index is 2.54. The second-order valence-electron chi connectivity index (χ2n) is 2.71. The Kier molecular flexibility index (Phi) is 3.46. The first kappa shape index (κ1) is 9.74. The fourth-order valence-corrected chi connectivity index (χ4v) is 0.916. The molecule has 0 bridgehead atoms. The van der Waals surface area contributed by atoms with Crippen LogP contribution in [-0.2, 0) is 9.53 Å². The van der Waals surface area contributed by atoms with E-state index in [1.54, 1.807) is 0 Å². The van der Waals surface area contributed by atoms with Crippen LogP contribution in [0.1, 0.15) is 5.56 Å². The van der Waals surface area contributed by atoms with Gasteiger partial charge in [-0.25, -0.2) is 0 Å². The van der Waals surface area contributed by atoms with Crippen LogP contribution in [0.25, 0.3) is 0 Å². The maximum absolute atomic E-state index is 11.0. The summed E-state index contributed by atoms with van der Waals surface area (Å²) in [5.41, 5.74) is 1.93. The van der Waals surface area contributed by atoms with Gasteiger partial charge in [-0.1, -0.05) is 17.7 Å². The lowest BCUT2D eigenvalue weighted by Crippen LogP contribution is -2.12. The Morgan fingerprint density at radius 3 is 2.54 bits per heavy atom. The van der Waals surface area contributed by atoms with E-state index in [-0.39, 0.29) is 5.91 Å². The molecule has 1 aromatic rings. The van der Waals surface area contributed by atoms with E-state index in [9.17, 15) is 4.79 Å². The highest BCUT2D eigenvalue weighted by Crippen LogP contribution is 2.08. The first-order valence-electron chi connectivity index (χ1n) is 3.96. The molecule has 0 heterocycles. The maximum Gasteiger partial charge on any atom is 0.256 e. The van der Waals surface area contributed by atoms with Crippen LogP contribution in [0.3, 0.4) is 0 Å². The lowest BCUT2D eigenvalue weighted by molar-refractivity contribution is -0.116. The Morgan fingerprint density at radius 2 is 2.00 bits per heavy atom. The zero-order chi connectivity index (χ0) is 9.68. The minimum Gasteiger partial charge on any atom is -0.368 e. The van der Waals surface area contributed by atoms with Gasteiger partial charge in [0.2, 0.25) is 0 Å². The summed E-state index contributed by atoms with van der Waals surface area (Å²) >= 11 is 0. The molecule has 0 fully saturated rings. The van der Waals surface area contributed by atoms with Gasteiger partial charge in [-0.3, -0.25) is 4.79 Å². The number of hydrogen-bond donors (Lipinski definition) is 1. The Bertz CT molecular complexity index is 279. The summed E-state index contributed by atoms with van der Waals surface area (Å²) in [4.78, 5) is 11.0. The molecule has 0 aliphatic carbocycles. The van der Waals surface area contributed by atoms with Gasteiger partial charge in [-0.05, 0) is 19.1 Å². The molecule has 0 aliphatic heterocycles. The molecule has 0 spiro atoms. The Morgan fingerprint density at radius 1 is 1.38 bits per heavy atom. The summed E-state index contributed by atoms with van der Waals surface area (Å²) in [6.45, 7) is 3.12. The molecule has 1 rings (SSSR count). The number of methoxy groups -OCH3 is 1. The zero-order valence-corrected chi connectivity index (χ0v) is 7.70. The van der Waals surface area contributed by atoms with Crippen molar-refractivity contribution in [1.29, 1.82) is 0 Å². The smallest absolute Gasteiger partial charge is 0.256 e. The van der Waals surface area contributed by atoms with E-state index in [4.69, 9.17) is 0 Å². The van der Waals surface area contributed by atoms with Crippen LogP contribution in [0, 0.1) is 13.5 Å². The second kappa shape index (κ2) is 4.62. The van der Waals surface area contributed by atoms with Crippen LogP contribution in [0.15, 0.2) is 24.3 Å². The predicted molar refractivity (Wildman–Crippen MR) is 51.1 cm³/mol. The van der Waals surface area contributed by atoms with Gasteiger partial charge in [0.25, 0.3) is 5.91 Å². The Labute approximate surface area is 77.7 Å². The zero-order valence-electron chi connectivity index (χ0n) is 7.70. The third kappa shape index (κ3) is 3.25. The van der Waals surface area contributed by atoms with E-state index in [1.165, 1.54) is 7.11 Å². The molecule has 1 N–H and O–H groups in total. The van der Waals surface area contributed by atoms with Crippen molar-refractivity contribution >= 4 is 11.6 Å². The molecule has 69 valence electrons. The third-order valence-electron chi connectivity index (χ3n) is 1.54. The largest absolute Gasteiger partial charge is 0.368 e. The van der Waals surface area contributed by atoms with E-state index >= 15 is 0 Å². The summed E-state index contributed by atoms with van der Waals surface area (Å²) < 4.78 is 4.56. The molecule has 1 aromatic carbocycles. The molecule has 1 radical (unpaired) electrons. The van der Waals surface area contributed by atoms with Gasteiger partial charge < -0.3 is 10.1 Å². The van der Waals surface area contributed by atoms with E-state index in [1.807, 2.05) is 31.2 Å². The number of anilines is 1. The molecule has 0 saturated carbocycles. The summed E-state index contributed by atoms with van der Waals surface area (Å²) in [5, 5.41) is 2.65. The first-order chi connectivity index (χ1) is 6.22. The molecule has 3 nitrogen and oxygen atoms in total. The van der Waals surface area contributed by atoms with Crippen LogP contribution in [0.2, 0.25) is 0 Å². The summed E-state index contributed by atoms with van der Waals surface area (Å²) in [5.74, 6) is -0.258. The minimum absolute atomic E-state index is 0.258. The maximum atomic E-state index is 11.0. The van der Waals surface area contributed by atoms with Crippen molar-refractivity contribution in [2.24, 2.45) is 0 Å². The van der Waals surface area contributed by atoms with Gasteiger partial charge in [0.1, 0.15) is 0 Å². The van der Waals surface area contributed by atoms with Gasteiger partial charge in [0.05, 0.1) is 0 Å². The van der Waals surface area contributed by atoms with Crippen molar-refractivity contribution in [1.82, 2.24) is 0 Å². The average Bonchev–Trinajstić information content (AvgIpc) is 2.09. The number of nitrogens with one attached hydrogen (secondary N) is 1. The molecule has 0 atom stereocenters. The number of rotatable bonds is 3. The second-order valence-corrected chi connectivity index (χ2v) is 2.71. The van der Waals surface area contributed by atoms with Crippen molar-refractivity contribution in [3.63, 3.8) is 0 Å². The molecule has 0 saturated heterocycles. The van der Waals surface area contributed by atoms with Crippen LogP contribution in [0.4, 0.5) is 5.69 Å². The molecular formula is C10H12NO2. The van der Waals surface area contributed by atoms with E-state index in [2.05, 4.69) is 10.1 Å². The van der Waals surface area contributed by atoms with Crippen molar-refractivity contribution in [2.45, 2.75) is 6.92 Å². The highest BCUT2D eigenvalue weighted by atomic mass is 16.5. The molecule has 0 aliphatic rings. The minimum atomic E-state index is -0.258. The fourth-order valence-electron chi connectivity index (χ4n) is 0.916. The molecule has 0 aromatic heterocycles. The van der Waals surface area contributed by atoms with Crippen LogP contribution in [-0.4, -0.2) is 13.0 Å². The van der Waals surface area contributed by atoms with Crippen molar-refractivity contribution in [3.8, 4) is 0 Å². The van der Waals surface area contributed by atoms with E-state index < -0.39 is 0 Å². The molecule has 0 unspecified atom stereocenters.